The van der Waals surface area contributed by atoms with E-state index >= 15 is 0 Å². The van der Waals surface area contributed by atoms with Crippen molar-refractivity contribution in [1.29, 1.82) is 0 Å². The molecule has 1 aromatic heterocycles. The van der Waals surface area contributed by atoms with Gasteiger partial charge in [0.2, 0.25) is 5.88 Å². The highest BCUT2D eigenvalue weighted by Gasteiger charge is 2.21. The summed E-state index contributed by atoms with van der Waals surface area (Å²) < 4.78 is 1.57. The van der Waals surface area contributed by atoms with E-state index < -0.39 is 0 Å². The molecule has 0 spiro atoms. The highest BCUT2D eigenvalue weighted by molar-refractivity contribution is 5.81. The fourth-order valence-corrected chi connectivity index (χ4v) is 2.71. The molecule has 0 amide bonds. The van der Waals surface area contributed by atoms with Gasteiger partial charge in [0.25, 0.3) is 0 Å². The van der Waals surface area contributed by atoms with Crippen LogP contribution in [0.4, 0.5) is 0 Å². The fraction of sp³-hybridized carbons (Fsp3) is 0.467. The first kappa shape index (κ1) is 12.4. The minimum atomic E-state index is 0.180. The van der Waals surface area contributed by atoms with Crippen molar-refractivity contribution in [2.75, 3.05) is 19.6 Å². The van der Waals surface area contributed by atoms with Gasteiger partial charge in [-0.05, 0) is 25.5 Å². The molecule has 1 aliphatic rings. The van der Waals surface area contributed by atoms with E-state index in [0.29, 0.717) is 0 Å². The third kappa shape index (κ3) is 2.40. The second-order valence-electron chi connectivity index (χ2n) is 5.09. The largest absolute Gasteiger partial charge is 0.492 e. The van der Waals surface area contributed by atoms with Crippen LogP contribution in [0.5, 0.6) is 5.88 Å². The number of hydrogen-bond donors (Lipinski definition) is 1. The Balaban J connectivity index is 1.77. The lowest BCUT2D eigenvalue weighted by atomic mass is 10.1. The quantitative estimate of drug-likeness (QED) is 0.920. The number of aromatic hydroxyl groups is 1. The van der Waals surface area contributed by atoms with E-state index in [-0.39, 0.29) is 12.0 Å². The van der Waals surface area contributed by atoms with Crippen molar-refractivity contribution >= 4 is 10.9 Å². The molecule has 0 saturated carbocycles. The number of piperidine rings is 1. The van der Waals surface area contributed by atoms with Gasteiger partial charge in [-0.2, -0.15) is 0 Å². The molecule has 3 rings (SSSR count). The molecule has 2 heterocycles. The summed E-state index contributed by atoms with van der Waals surface area (Å²) in [6, 6.07) is 9.62. The van der Waals surface area contributed by atoms with Gasteiger partial charge in [0.1, 0.15) is 6.10 Å². The minimum Gasteiger partial charge on any atom is -0.492 e. The molecular weight excluding hydrogens is 240 g/mol. The summed E-state index contributed by atoms with van der Waals surface area (Å²) in [5.41, 5.74) is 0.929. The maximum atomic E-state index is 9.99. The Bertz CT molecular complexity index is 556. The van der Waals surface area contributed by atoms with Crippen molar-refractivity contribution in [3.05, 3.63) is 30.3 Å². The Labute approximate surface area is 113 Å². The Hall–Kier alpha value is -1.68. The third-order valence-corrected chi connectivity index (χ3v) is 3.88. The van der Waals surface area contributed by atoms with Crippen LogP contribution in [0.25, 0.3) is 10.9 Å². The van der Waals surface area contributed by atoms with Gasteiger partial charge >= 0.3 is 0 Å². The van der Waals surface area contributed by atoms with E-state index in [1.807, 2.05) is 24.3 Å². The topological polar surface area (TPSA) is 37.6 Å². The van der Waals surface area contributed by atoms with Gasteiger partial charge in [-0.25, -0.2) is 0 Å². The molecule has 4 heteroatoms. The predicted molar refractivity (Wildman–Crippen MR) is 75.3 cm³/mol. The van der Waals surface area contributed by atoms with Gasteiger partial charge in [0.15, 0.2) is 0 Å². The molecule has 1 aromatic carbocycles. The lowest BCUT2D eigenvalue weighted by molar-refractivity contribution is -0.00436. The summed E-state index contributed by atoms with van der Waals surface area (Å²) in [4.78, 5) is 8.40. The van der Waals surface area contributed by atoms with Crippen molar-refractivity contribution in [3.63, 3.8) is 0 Å². The van der Waals surface area contributed by atoms with E-state index in [2.05, 4.69) is 11.8 Å². The summed E-state index contributed by atoms with van der Waals surface area (Å²) in [6.45, 7) is 5.43. The lowest BCUT2D eigenvalue weighted by Gasteiger charge is -2.31. The first-order valence-electron chi connectivity index (χ1n) is 6.97. The molecule has 19 heavy (non-hydrogen) atoms. The minimum absolute atomic E-state index is 0.180. The SMILES string of the molecule is CCN1CCC(On2c(O)cc3ccccc32)CC1. The molecule has 1 saturated heterocycles. The van der Waals surface area contributed by atoms with Crippen LogP contribution in [0.2, 0.25) is 0 Å². The van der Waals surface area contributed by atoms with E-state index in [1.165, 1.54) is 0 Å². The van der Waals surface area contributed by atoms with Crippen LogP contribution in [-0.4, -0.2) is 40.5 Å². The number of aromatic nitrogens is 1. The summed E-state index contributed by atoms with van der Waals surface area (Å²) >= 11 is 0. The summed E-state index contributed by atoms with van der Waals surface area (Å²) in [5.74, 6) is 0.180. The third-order valence-electron chi connectivity index (χ3n) is 3.88. The van der Waals surface area contributed by atoms with Gasteiger partial charge in [0, 0.05) is 24.5 Å². The van der Waals surface area contributed by atoms with Gasteiger partial charge in [-0.15, -0.1) is 4.73 Å². The summed E-state index contributed by atoms with van der Waals surface area (Å²) in [7, 11) is 0. The Kier molecular flexibility index (Phi) is 3.34. The van der Waals surface area contributed by atoms with Gasteiger partial charge in [-0.3, -0.25) is 0 Å². The highest BCUT2D eigenvalue weighted by atomic mass is 16.7. The Morgan fingerprint density at radius 1 is 1.26 bits per heavy atom. The summed E-state index contributed by atoms with van der Waals surface area (Å²) in [5, 5.41) is 11.0. The van der Waals surface area contributed by atoms with Crippen molar-refractivity contribution in [1.82, 2.24) is 9.63 Å². The molecule has 0 bridgehead atoms. The monoisotopic (exact) mass is 260 g/mol. The molecule has 1 aliphatic heterocycles. The number of nitrogens with zero attached hydrogens (tertiary/aromatic N) is 2. The van der Waals surface area contributed by atoms with Gasteiger partial charge < -0.3 is 14.8 Å². The Morgan fingerprint density at radius 3 is 2.74 bits per heavy atom. The first-order chi connectivity index (χ1) is 9.28. The van der Waals surface area contributed by atoms with E-state index in [1.54, 1.807) is 10.8 Å². The number of fused-ring (bicyclic) bond motifs is 1. The van der Waals surface area contributed by atoms with Crippen LogP contribution in [0.1, 0.15) is 19.8 Å². The average Bonchev–Trinajstić information content (AvgIpc) is 2.76. The van der Waals surface area contributed by atoms with Crippen LogP contribution in [0.3, 0.4) is 0 Å². The number of rotatable bonds is 3. The maximum Gasteiger partial charge on any atom is 0.226 e. The van der Waals surface area contributed by atoms with Gasteiger partial charge in [0.05, 0.1) is 5.52 Å². The molecule has 0 unspecified atom stereocenters. The summed E-state index contributed by atoms with van der Waals surface area (Å²) in [6.07, 6.45) is 2.21. The molecule has 0 atom stereocenters. The maximum absolute atomic E-state index is 9.99. The van der Waals surface area contributed by atoms with Crippen molar-refractivity contribution in [3.8, 4) is 5.88 Å². The Morgan fingerprint density at radius 2 is 2.00 bits per heavy atom. The second-order valence-corrected chi connectivity index (χ2v) is 5.09. The normalized spacial score (nSPS) is 17.9. The van der Waals surface area contributed by atoms with Crippen LogP contribution >= 0.6 is 0 Å². The zero-order valence-electron chi connectivity index (χ0n) is 11.2. The van der Waals surface area contributed by atoms with Crippen molar-refractivity contribution in [2.24, 2.45) is 0 Å². The zero-order chi connectivity index (χ0) is 13.2. The van der Waals surface area contributed by atoms with Crippen LogP contribution in [-0.2, 0) is 0 Å². The van der Waals surface area contributed by atoms with E-state index in [4.69, 9.17) is 4.84 Å². The van der Waals surface area contributed by atoms with Crippen LogP contribution < -0.4 is 4.84 Å². The number of hydrogen-bond acceptors (Lipinski definition) is 3. The average molecular weight is 260 g/mol. The lowest BCUT2D eigenvalue weighted by Crippen LogP contribution is -2.40. The number of para-hydroxylation sites is 1. The van der Waals surface area contributed by atoms with E-state index in [0.717, 1.165) is 43.4 Å². The molecule has 2 aromatic rings. The predicted octanol–water partition coefficient (Wildman–Crippen LogP) is 2.26. The molecule has 102 valence electrons. The number of likely N-dealkylation sites (tertiary alicyclic amines) is 1. The van der Waals surface area contributed by atoms with Gasteiger partial charge in [-0.1, -0.05) is 25.1 Å². The number of benzene rings is 1. The van der Waals surface area contributed by atoms with Crippen molar-refractivity contribution in [2.45, 2.75) is 25.9 Å². The van der Waals surface area contributed by atoms with Crippen molar-refractivity contribution < 1.29 is 9.94 Å². The van der Waals surface area contributed by atoms with Crippen LogP contribution in [0.15, 0.2) is 30.3 Å². The molecule has 1 fully saturated rings. The molecule has 0 radical (unpaired) electrons. The standard InChI is InChI=1S/C15H20N2O2/c1-2-16-9-7-13(8-10-16)19-17-14-6-4-3-5-12(14)11-15(17)18/h3-6,11,13,18H,2,7-10H2,1H3. The second kappa shape index (κ2) is 5.13. The zero-order valence-corrected chi connectivity index (χ0v) is 11.2. The molecule has 1 N–H and O–H groups in total. The smallest absolute Gasteiger partial charge is 0.226 e. The molecule has 0 aliphatic carbocycles. The fourth-order valence-electron chi connectivity index (χ4n) is 2.71. The molecular formula is C15H20N2O2. The first-order valence-corrected chi connectivity index (χ1v) is 6.97. The molecule has 4 nitrogen and oxygen atoms in total. The highest BCUT2D eigenvalue weighted by Crippen LogP contribution is 2.24. The van der Waals surface area contributed by atoms with Crippen LogP contribution in [0, 0.1) is 0 Å². The van der Waals surface area contributed by atoms with E-state index in [9.17, 15) is 5.11 Å².